The van der Waals surface area contributed by atoms with E-state index in [0.717, 1.165) is 18.4 Å². The Kier molecular flexibility index (Phi) is 6.45. The first-order valence-electron chi connectivity index (χ1n) is 7.51. The zero-order valence-corrected chi connectivity index (χ0v) is 13.5. The highest BCUT2D eigenvalue weighted by Crippen LogP contribution is 2.22. The molecule has 0 radical (unpaired) electrons. The van der Waals surface area contributed by atoms with E-state index in [-0.39, 0.29) is 23.5 Å². The zero-order valence-electron chi connectivity index (χ0n) is 12.7. The molecular weight excluding hydrogens is 298 g/mol. The molecule has 6 heteroatoms. The van der Waals surface area contributed by atoms with Crippen molar-refractivity contribution < 1.29 is 9.59 Å². The quantitative estimate of drug-likeness (QED) is 0.756. The third kappa shape index (κ3) is 5.18. The summed E-state index contributed by atoms with van der Waals surface area (Å²) in [4.78, 5) is 28.1. The number of hydrogen-bond acceptors (Lipinski definition) is 4. The predicted octanol–water partition coefficient (Wildman–Crippen LogP) is 2.08. The van der Waals surface area contributed by atoms with Crippen LogP contribution < -0.4 is 10.6 Å². The zero-order chi connectivity index (χ0) is 15.8. The van der Waals surface area contributed by atoms with Crippen LogP contribution >= 0.6 is 11.8 Å². The first-order valence-corrected chi connectivity index (χ1v) is 8.39. The lowest BCUT2D eigenvalue weighted by molar-refractivity contribution is -0.125. The number of aliphatic imine (C=N–C) groups is 1. The largest absolute Gasteiger partial charge is 0.352 e. The van der Waals surface area contributed by atoms with Crippen molar-refractivity contribution in [2.75, 3.05) is 6.54 Å². The molecule has 0 aliphatic carbocycles. The van der Waals surface area contributed by atoms with Crippen LogP contribution in [0.1, 0.15) is 31.7 Å². The third-order valence-electron chi connectivity index (χ3n) is 3.25. The van der Waals surface area contributed by atoms with E-state index in [9.17, 15) is 9.59 Å². The minimum atomic E-state index is -0.379. The van der Waals surface area contributed by atoms with Crippen LogP contribution in [0.5, 0.6) is 0 Å². The number of nitrogens with zero attached hydrogens (tertiary/aromatic N) is 1. The smallest absolute Gasteiger partial charge is 0.240 e. The van der Waals surface area contributed by atoms with Crippen LogP contribution in [0.3, 0.4) is 0 Å². The summed E-state index contributed by atoms with van der Waals surface area (Å²) in [7, 11) is 0. The van der Waals surface area contributed by atoms with Crippen LogP contribution in [0.15, 0.2) is 35.3 Å². The third-order valence-corrected chi connectivity index (χ3v) is 4.37. The molecule has 2 amide bonds. The van der Waals surface area contributed by atoms with E-state index in [1.54, 1.807) is 0 Å². The van der Waals surface area contributed by atoms with Crippen LogP contribution in [0.25, 0.3) is 0 Å². The minimum absolute atomic E-state index is 0.119. The second-order valence-electron chi connectivity index (χ2n) is 5.10. The molecule has 1 atom stereocenters. The van der Waals surface area contributed by atoms with E-state index in [1.807, 2.05) is 30.3 Å². The van der Waals surface area contributed by atoms with Crippen molar-refractivity contribution in [3.63, 3.8) is 0 Å². The number of nitrogens with one attached hydrogen (secondary N) is 2. The van der Waals surface area contributed by atoms with Crippen molar-refractivity contribution in [1.29, 1.82) is 0 Å². The van der Waals surface area contributed by atoms with Crippen molar-refractivity contribution >= 4 is 28.7 Å². The molecule has 118 valence electrons. The van der Waals surface area contributed by atoms with Gasteiger partial charge in [-0.3, -0.25) is 14.6 Å². The maximum Gasteiger partial charge on any atom is 0.240 e. The number of carbonyl (C=O) groups is 2. The highest BCUT2D eigenvalue weighted by molar-refractivity contribution is 8.15. The summed E-state index contributed by atoms with van der Waals surface area (Å²) in [5.41, 5.74) is 1.04. The van der Waals surface area contributed by atoms with Gasteiger partial charge < -0.3 is 10.6 Å². The summed E-state index contributed by atoms with van der Waals surface area (Å²) in [5, 5.41) is 5.84. The Hall–Kier alpha value is -1.82. The molecule has 0 saturated carbocycles. The van der Waals surface area contributed by atoms with Crippen LogP contribution in [0, 0.1) is 0 Å². The molecule has 0 spiro atoms. The molecule has 1 saturated heterocycles. The molecule has 22 heavy (non-hydrogen) atoms. The molecule has 2 rings (SSSR count). The maximum atomic E-state index is 11.9. The summed E-state index contributed by atoms with van der Waals surface area (Å²) in [6, 6.07) is 9.71. The Morgan fingerprint density at radius 3 is 2.86 bits per heavy atom. The monoisotopic (exact) mass is 319 g/mol. The van der Waals surface area contributed by atoms with Gasteiger partial charge in [-0.05, 0) is 12.0 Å². The van der Waals surface area contributed by atoms with E-state index in [1.165, 1.54) is 11.8 Å². The second kappa shape index (κ2) is 8.58. The number of benzene rings is 1. The first-order chi connectivity index (χ1) is 10.7. The number of amides is 2. The fraction of sp³-hybridized carbons (Fsp3) is 0.438. The summed E-state index contributed by atoms with van der Waals surface area (Å²) >= 11 is 1.35. The highest BCUT2D eigenvalue weighted by Gasteiger charge is 2.31. The van der Waals surface area contributed by atoms with Gasteiger partial charge in [0.2, 0.25) is 11.8 Å². The number of amidine groups is 1. The molecule has 1 aromatic rings. The Labute approximate surface area is 135 Å². The van der Waals surface area contributed by atoms with Gasteiger partial charge in [-0.2, -0.15) is 0 Å². The molecule has 1 aliphatic rings. The SMILES string of the molecule is CCCCN=C1NC(=O)[C@H](CC(=O)NCc2ccccc2)S1. The average Bonchev–Trinajstić information content (AvgIpc) is 2.86. The van der Waals surface area contributed by atoms with Crippen molar-refractivity contribution in [1.82, 2.24) is 10.6 Å². The lowest BCUT2D eigenvalue weighted by Gasteiger charge is -2.07. The molecule has 0 unspecified atom stereocenters. The van der Waals surface area contributed by atoms with E-state index in [2.05, 4.69) is 22.5 Å². The predicted molar refractivity (Wildman–Crippen MR) is 89.6 cm³/mol. The van der Waals surface area contributed by atoms with Gasteiger partial charge in [0.15, 0.2) is 5.17 Å². The molecule has 1 fully saturated rings. The van der Waals surface area contributed by atoms with Crippen molar-refractivity contribution in [2.24, 2.45) is 4.99 Å². The molecule has 1 aliphatic heterocycles. The normalized spacial score (nSPS) is 19.2. The van der Waals surface area contributed by atoms with E-state index in [4.69, 9.17) is 0 Å². The number of carbonyl (C=O) groups excluding carboxylic acids is 2. The first kappa shape index (κ1) is 16.5. The number of rotatable bonds is 7. The number of unbranched alkanes of at least 4 members (excludes halogenated alkanes) is 1. The molecule has 5 nitrogen and oxygen atoms in total. The van der Waals surface area contributed by atoms with Crippen LogP contribution in [0.4, 0.5) is 0 Å². The van der Waals surface area contributed by atoms with Crippen molar-refractivity contribution in [2.45, 2.75) is 38.0 Å². The van der Waals surface area contributed by atoms with Crippen LogP contribution in [-0.4, -0.2) is 28.8 Å². The van der Waals surface area contributed by atoms with Gasteiger partial charge in [0.25, 0.3) is 0 Å². The van der Waals surface area contributed by atoms with Gasteiger partial charge in [-0.15, -0.1) is 0 Å². The van der Waals surface area contributed by atoms with Crippen LogP contribution in [-0.2, 0) is 16.1 Å². The fourth-order valence-corrected chi connectivity index (χ4v) is 2.99. The lowest BCUT2D eigenvalue weighted by atomic mass is 10.2. The van der Waals surface area contributed by atoms with Crippen LogP contribution in [0.2, 0.25) is 0 Å². The Balaban J connectivity index is 1.77. The summed E-state index contributed by atoms with van der Waals surface area (Å²) in [6.45, 7) is 3.29. The molecule has 0 aromatic heterocycles. The molecule has 0 bridgehead atoms. The second-order valence-corrected chi connectivity index (χ2v) is 6.29. The highest BCUT2D eigenvalue weighted by atomic mass is 32.2. The van der Waals surface area contributed by atoms with E-state index in [0.29, 0.717) is 18.3 Å². The van der Waals surface area contributed by atoms with Crippen molar-refractivity contribution in [3.8, 4) is 0 Å². The van der Waals surface area contributed by atoms with Gasteiger partial charge in [0.1, 0.15) is 5.25 Å². The van der Waals surface area contributed by atoms with E-state index >= 15 is 0 Å². The fourth-order valence-electron chi connectivity index (χ4n) is 1.99. The Bertz CT molecular complexity index is 546. The number of thioether (sulfide) groups is 1. The standard InChI is InChI=1S/C16H21N3O2S/c1-2-3-9-17-16-19-15(21)13(22-16)10-14(20)18-11-12-7-5-4-6-8-12/h4-8,13H,2-3,9-11H2,1H3,(H,18,20)(H,17,19,21)/t13-/m0/s1. The Morgan fingerprint density at radius 2 is 2.14 bits per heavy atom. The lowest BCUT2D eigenvalue weighted by Crippen LogP contribution is -2.31. The number of hydrogen-bond donors (Lipinski definition) is 2. The summed E-state index contributed by atoms with van der Waals surface area (Å²) in [5.74, 6) is -0.249. The molecular formula is C16H21N3O2S. The molecule has 2 N–H and O–H groups in total. The van der Waals surface area contributed by atoms with Gasteiger partial charge in [-0.25, -0.2) is 0 Å². The summed E-state index contributed by atoms with van der Waals surface area (Å²) in [6.07, 6.45) is 2.25. The van der Waals surface area contributed by atoms with Gasteiger partial charge in [0, 0.05) is 19.5 Å². The van der Waals surface area contributed by atoms with Gasteiger partial charge in [0.05, 0.1) is 0 Å². The van der Waals surface area contributed by atoms with Gasteiger partial charge in [-0.1, -0.05) is 55.4 Å². The maximum absolute atomic E-state index is 11.9. The average molecular weight is 319 g/mol. The summed E-state index contributed by atoms with van der Waals surface area (Å²) < 4.78 is 0. The molecule has 1 heterocycles. The van der Waals surface area contributed by atoms with E-state index < -0.39 is 0 Å². The Morgan fingerprint density at radius 1 is 1.36 bits per heavy atom. The minimum Gasteiger partial charge on any atom is -0.352 e. The van der Waals surface area contributed by atoms with Crippen molar-refractivity contribution in [3.05, 3.63) is 35.9 Å². The molecule has 1 aromatic carbocycles. The topological polar surface area (TPSA) is 70.6 Å². The van der Waals surface area contributed by atoms with Gasteiger partial charge >= 0.3 is 0 Å².